The monoisotopic (exact) mass is 278 g/mol. The molecule has 1 saturated heterocycles. The summed E-state index contributed by atoms with van der Waals surface area (Å²) in [6, 6.07) is 5.58. The van der Waals surface area contributed by atoms with E-state index in [0.717, 1.165) is 25.0 Å². The van der Waals surface area contributed by atoms with Gasteiger partial charge in [0.25, 0.3) is 0 Å². The maximum Gasteiger partial charge on any atom is 0.0537 e. The fourth-order valence-corrected chi connectivity index (χ4v) is 2.85. The second-order valence-electron chi connectivity index (χ2n) is 4.31. The lowest BCUT2D eigenvalue weighted by molar-refractivity contribution is 0.161. The van der Waals surface area contributed by atoms with E-state index >= 15 is 0 Å². The molecule has 1 unspecified atom stereocenters. The Bertz CT molecular complexity index is 352. The summed E-state index contributed by atoms with van der Waals surface area (Å²) in [7, 11) is 0. The second kappa shape index (κ2) is 5.14. The molecule has 0 aromatic heterocycles. The minimum Gasteiger partial charge on any atom is -0.381 e. The molecule has 0 spiro atoms. The zero-order valence-corrected chi connectivity index (χ0v) is 11.1. The van der Waals surface area contributed by atoms with E-state index in [-0.39, 0.29) is 5.41 Å². The summed E-state index contributed by atoms with van der Waals surface area (Å²) >= 11 is 18.4. The van der Waals surface area contributed by atoms with E-state index in [1.807, 2.05) is 18.2 Å². The first-order valence-electron chi connectivity index (χ1n) is 5.23. The van der Waals surface area contributed by atoms with Gasteiger partial charge in [-0.3, -0.25) is 0 Å². The third kappa shape index (κ3) is 2.48. The predicted molar refractivity (Wildman–Crippen MR) is 68.8 cm³/mol. The number of benzene rings is 1. The van der Waals surface area contributed by atoms with Gasteiger partial charge < -0.3 is 4.74 Å². The van der Waals surface area contributed by atoms with Crippen LogP contribution in [0.4, 0.5) is 0 Å². The van der Waals surface area contributed by atoms with Gasteiger partial charge in [0.2, 0.25) is 0 Å². The zero-order valence-electron chi connectivity index (χ0n) is 8.81. The SMILES string of the molecule is ClCC1(Cc2c(Cl)cccc2Cl)CCOC1. The molecule has 2 rings (SSSR count). The van der Waals surface area contributed by atoms with Crippen molar-refractivity contribution in [3.8, 4) is 0 Å². The number of hydrogen-bond acceptors (Lipinski definition) is 1. The smallest absolute Gasteiger partial charge is 0.0537 e. The van der Waals surface area contributed by atoms with Crippen molar-refractivity contribution < 1.29 is 4.74 Å². The lowest BCUT2D eigenvalue weighted by Gasteiger charge is -2.25. The fraction of sp³-hybridized carbons (Fsp3) is 0.500. The lowest BCUT2D eigenvalue weighted by atomic mass is 9.83. The van der Waals surface area contributed by atoms with E-state index in [2.05, 4.69) is 0 Å². The molecule has 1 aliphatic heterocycles. The van der Waals surface area contributed by atoms with Crippen molar-refractivity contribution in [1.82, 2.24) is 0 Å². The van der Waals surface area contributed by atoms with Gasteiger partial charge in [0, 0.05) is 27.9 Å². The number of rotatable bonds is 3. The van der Waals surface area contributed by atoms with Crippen molar-refractivity contribution in [2.24, 2.45) is 5.41 Å². The third-order valence-corrected chi connectivity index (χ3v) is 4.36. The molecule has 16 heavy (non-hydrogen) atoms. The van der Waals surface area contributed by atoms with Gasteiger partial charge in [-0.15, -0.1) is 11.6 Å². The second-order valence-corrected chi connectivity index (χ2v) is 5.39. The highest BCUT2D eigenvalue weighted by atomic mass is 35.5. The maximum absolute atomic E-state index is 6.16. The molecule has 0 N–H and O–H groups in total. The van der Waals surface area contributed by atoms with Gasteiger partial charge in [0.1, 0.15) is 0 Å². The molecule has 0 radical (unpaired) electrons. The first-order chi connectivity index (χ1) is 7.67. The van der Waals surface area contributed by atoms with Crippen LogP contribution in [0.5, 0.6) is 0 Å². The number of halogens is 3. The molecule has 4 heteroatoms. The molecule has 1 aromatic rings. The van der Waals surface area contributed by atoms with Crippen LogP contribution in [0, 0.1) is 5.41 Å². The summed E-state index contributed by atoms with van der Waals surface area (Å²) in [5.74, 6) is 0.578. The highest BCUT2D eigenvalue weighted by Crippen LogP contribution is 2.38. The van der Waals surface area contributed by atoms with Gasteiger partial charge >= 0.3 is 0 Å². The Hall–Kier alpha value is 0.0500. The van der Waals surface area contributed by atoms with Gasteiger partial charge in [0.05, 0.1) is 6.61 Å². The van der Waals surface area contributed by atoms with E-state index in [9.17, 15) is 0 Å². The van der Waals surface area contributed by atoms with Crippen LogP contribution in [0.1, 0.15) is 12.0 Å². The van der Waals surface area contributed by atoms with Crippen LogP contribution >= 0.6 is 34.8 Å². The van der Waals surface area contributed by atoms with Crippen molar-refractivity contribution in [3.05, 3.63) is 33.8 Å². The van der Waals surface area contributed by atoms with Crippen LogP contribution in [-0.4, -0.2) is 19.1 Å². The minimum absolute atomic E-state index is 0.00378. The van der Waals surface area contributed by atoms with Crippen molar-refractivity contribution in [1.29, 1.82) is 0 Å². The van der Waals surface area contributed by atoms with Crippen molar-refractivity contribution in [2.45, 2.75) is 12.8 Å². The average Bonchev–Trinajstić information content (AvgIpc) is 2.73. The maximum atomic E-state index is 6.16. The van der Waals surface area contributed by atoms with E-state index in [4.69, 9.17) is 39.5 Å². The molecule has 1 nitrogen and oxygen atoms in total. The van der Waals surface area contributed by atoms with Gasteiger partial charge in [-0.25, -0.2) is 0 Å². The summed E-state index contributed by atoms with van der Waals surface area (Å²) < 4.78 is 5.43. The molecule has 1 fully saturated rings. The van der Waals surface area contributed by atoms with E-state index in [1.165, 1.54) is 0 Å². The topological polar surface area (TPSA) is 9.23 Å². The van der Waals surface area contributed by atoms with E-state index < -0.39 is 0 Å². The highest BCUT2D eigenvalue weighted by molar-refractivity contribution is 6.36. The summed E-state index contributed by atoms with van der Waals surface area (Å²) in [5.41, 5.74) is 0.980. The van der Waals surface area contributed by atoms with Crippen molar-refractivity contribution in [2.75, 3.05) is 19.1 Å². The molecule has 1 aliphatic rings. The number of alkyl halides is 1. The molecule has 0 bridgehead atoms. The highest BCUT2D eigenvalue weighted by Gasteiger charge is 2.35. The Morgan fingerprint density at radius 3 is 2.44 bits per heavy atom. The summed E-state index contributed by atoms with van der Waals surface area (Å²) in [6.07, 6.45) is 1.76. The Labute approximate surface area is 111 Å². The fourth-order valence-electron chi connectivity index (χ4n) is 2.02. The van der Waals surface area contributed by atoms with Gasteiger partial charge in [-0.1, -0.05) is 29.3 Å². The summed E-state index contributed by atoms with van der Waals surface area (Å²) in [6.45, 7) is 1.47. The first-order valence-corrected chi connectivity index (χ1v) is 6.52. The predicted octanol–water partition coefficient (Wildman–Crippen LogP) is 4.18. The molecule has 0 aliphatic carbocycles. The van der Waals surface area contributed by atoms with Gasteiger partial charge in [-0.2, -0.15) is 0 Å². The summed E-state index contributed by atoms with van der Waals surface area (Å²) in [4.78, 5) is 0. The van der Waals surface area contributed by atoms with E-state index in [0.29, 0.717) is 22.5 Å². The molecular formula is C12H13Cl3O. The molecule has 0 amide bonds. The number of ether oxygens (including phenoxy) is 1. The quantitative estimate of drug-likeness (QED) is 0.754. The molecule has 1 aromatic carbocycles. The third-order valence-electron chi connectivity index (χ3n) is 3.08. The lowest BCUT2D eigenvalue weighted by Crippen LogP contribution is -2.26. The Morgan fingerprint density at radius 1 is 1.25 bits per heavy atom. The zero-order chi connectivity index (χ0) is 11.6. The first kappa shape index (κ1) is 12.5. The normalized spacial score (nSPS) is 24.9. The number of hydrogen-bond donors (Lipinski definition) is 0. The standard InChI is InChI=1S/C12H13Cl3O/c13-7-12(4-5-16-8-12)6-9-10(14)2-1-3-11(9)15/h1-3H,4-8H2. The van der Waals surface area contributed by atoms with Crippen LogP contribution in [0.2, 0.25) is 10.0 Å². The Kier molecular flexibility index (Phi) is 4.01. The van der Waals surface area contributed by atoms with Crippen molar-refractivity contribution in [3.63, 3.8) is 0 Å². The summed E-state index contributed by atoms with van der Waals surface area (Å²) in [5, 5.41) is 1.42. The molecule has 1 heterocycles. The molecular weight excluding hydrogens is 266 g/mol. The van der Waals surface area contributed by atoms with Gasteiger partial charge in [0.15, 0.2) is 0 Å². The van der Waals surface area contributed by atoms with Crippen LogP contribution in [0.15, 0.2) is 18.2 Å². The molecule has 88 valence electrons. The molecule has 1 atom stereocenters. The minimum atomic E-state index is -0.00378. The Balaban J connectivity index is 2.25. The van der Waals surface area contributed by atoms with Crippen LogP contribution in [0.3, 0.4) is 0 Å². The molecule has 0 saturated carbocycles. The van der Waals surface area contributed by atoms with Crippen LogP contribution in [0.25, 0.3) is 0 Å². The largest absolute Gasteiger partial charge is 0.381 e. The van der Waals surface area contributed by atoms with Crippen LogP contribution in [-0.2, 0) is 11.2 Å². The Morgan fingerprint density at radius 2 is 1.94 bits per heavy atom. The average molecular weight is 280 g/mol. The van der Waals surface area contributed by atoms with Crippen LogP contribution < -0.4 is 0 Å². The van der Waals surface area contributed by atoms with E-state index in [1.54, 1.807) is 0 Å². The van der Waals surface area contributed by atoms with Crippen molar-refractivity contribution >= 4 is 34.8 Å². The van der Waals surface area contributed by atoms with Gasteiger partial charge in [-0.05, 0) is 30.5 Å².